The van der Waals surface area contributed by atoms with Gasteiger partial charge in [0, 0.05) is 42.7 Å². The molecule has 3 atom stereocenters. The maximum Gasteiger partial charge on any atom is 0.255 e. The third kappa shape index (κ3) is 2.54. The Balaban J connectivity index is 1.44. The largest absolute Gasteiger partial charge is 0.363 e. The van der Waals surface area contributed by atoms with E-state index in [0.717, 1.165) is 25.9 Å². The molecule has 0 spiro atoms. The van der Waals surface area contributed by atoms with Gasteiger partial charge in [-0.1, -0.05) is 0 Å². The lowest BCUT2D eigenvalue weighted by Crippen LogP contribution is -2.61. The Kier molecular flexibility index (Phi) is 3.72. The van der Waals surface area contributed by atoms with Gasteiger partial charge in [-0.3, -0.25) is 19.7 Å². The number of nitrogens with one attached hydrogen (secondary N) is 2. The van der Waals surface area contributed by atoms with Gasteiger partial charge in [-0.05, 0) is 31.4 Å². The van der Waals surface area contributed by atoms with Crippen molar-refractivity contribution in [3.05, 3.63) is 29.1 Å². The van der Waals surface area contributed by atoms with E-state index < -0.39 is 11.9 Å². The number of carbonyl (C=O) groups is 3. The van der Waals surface area contributed by atoms with Gasteiger partial charge in [0.15, 0.2) is 5.82 Å². The zero-order valence-corrected chi connectivity index (χ0v) is 14.8. The first-order valence-corrected chi connectivity index (χ1v) is 9.49. The minimum absolute atomic E-state index is 0.0697. The molecule has 5 aliphatic rings. The number of piperidine rings is 3. The molecule has 0 aliphatic carbocycles. The molecule has 3 unspecified atom stereocenters. The molecule has 4 fully saturated rings. The highest BCUT2D eigenvalue weighted by Crippen LogP contribution is 2.36. The van der Waals surface area contributed by atoms with E-state index in [-0.39, 0.29) is 43.1 Å². The van der Waals surface area contributed by atoms with Crippen molar-refractivity contribution in [3.63, 3.8) is 0 Å². The lowest BCUT2D eigenvalue weighted by Gasteiger charge is -2.47. The van der Waals surface area contributed by atoms with Gasteiger partial charge in [-0.15, -0.1) is 0 Å². The predicted octanol–water partition coefficient (Wildman–Crippen LogP) is 0.527. The van der Waals surface area contributed by atoms with Crippen LogP contribution >= 0.6 is 0 Å². The Labute approximate surface area is 155 Å². The molecule has 0 radical (unpaired) electrons. The zero-order valence-electron chi connectivity index (χ0n) is 14.8. The number of fused-ring (bicyclic) bond motifs is 4. The number of carbonyl (C=O) groups excluding carboxylic acids is 3. The van der Waals surface area contributed by atoms with Gasteiger partial charge < -0.3 is 15.1 Å². The minimum Gasteiger partial charge on any atom is -0.363 e. The second kappa shape index (κ2) is 6.02. The van der Waals surface area contributed by atoms with E-state index in [4.69, 9.17) is 0 Å². The fraction of sp³-hybridized carbons (Fsp3) is 0.526. The number of rotatable bonds is 2. The van der Waals surface area contributed by atoms with Crippen LogP contribution in [0.1, 0.15) is 41.6 Å². The summed E-state index contributed by atoms with van der Waals surface area (Å²) >= 11 is 0. The third-order valence-electron chi connectivity index (χ3n) is 6.29. The maximum atomic E-state index is 15.4. The monoisotopic (exact) mass is 372 g/mol. The first-order valence-electron chi connectivity index (χ1n) is 9.49. The molecule has 0 aromatic heterocycles. The molecule has 1 aromatic carbocycles. The summed E-state index contributed by atoms with van der Waals surface area (Å²) in [4.78, 5) is 39.8. The van der Waals surface area contributed by atoms with Crippen LogP contribution in [0.2, 0.25) is 0 Å². The number of hydrogen-bond acceptors (Lipinski definition) is 5. The number of nitrogens with zero attached hydrogens (tertiary/aromatic N) is 2. The van der Waals surface area contributed by atoms with Gasteiger partial charge in [0.05, 0.1) is 12.2 Å². The standard InChI is InChI=1S/C19H21FN4O3/c20-17-13-9-24(15-5-6-16(25)22-18(15)26)19(27)12(13)3-4-14(17)23-8-10-1-2-11(23)7-21-10/h3-4,10-11,15,21H,1-2,5-9H2,(H,22,25,26). The molecular formula is C19H21FN4O3. The molecule has 1 aromatic rings. The first-order chi connectivity index (χ1) is 13.0. The minimum atomic E-state index is -0.722. The lowest BCUT2D eigenvalue weighted by molar-refractivity contribution is -0.136. The fourth-order valence-electron chi connectivity index (χ4n) is 4.82. The van der Waals surface area contributed by atoms with Crippen LogP contribution in [0.5, 0.6) is 0 Å². The highest BCUT2D eigenvalue weighted by Gasteiger charge is 2.42. The summed E-state index contributed by atoms with van der Waals surface area (Å²) in [6.07, 6.45) is 2.61. The van der Waals surface area contributed by atoms with E-state index >= 15 is 4.39 Å². The smallest absolute Gasteiger partial charge is 0.255 e. The average molecular weight is 372 g/mol. The molecule has 8 heteroatoms. The van der Waals surface area contributed by atoms with Crippen LogP contribution in [-0.2, 0) is 16.1 Å². The van der Waals surface area contributed by atoms with Crippen molar-refractivity contribution >= 4 is 23.4 Å². The molecule has 4 saturated heterocycles. The molecule has 0 saturated carbocycles. The molecule has 142 valence electrons. The maximum absolute atomic E-state index is 15.4. The molecule has 3 amide bonds. The van der Waals surface area contributed by atoms with Crippen LogP contribution in [-0.4, -0.2) is 53.8 Å². The molecular weight excluding hydrogens is 351 g/mol. The first kappa shape index (κ1) is 16.7. The zero-order chi connectivity index (χ0) is 18.7. The van der Waals surface area contributed by atoms with Crippen molar-refractivity contribution < 1.29 is 18.8 Å². The quantitative estimate of drug-likeness (QED) is 0.740. The molecule has 2 bridgehead atoms. The Morgan fingerprint density at radius 3 is 2.59 bits per heavy atom. The van der Waals surface area contributed by atoms with Gasteiger partial charge >= 0.3 is 0 Å². The summed E-state index contributed by atoms with van der Waals surface area (Å²) in [5, 5.41) is 5.73. The molecule has 5 heterocycles. The van der Waals surface area contributed by atoms with E-state index in [1.807, 2.05) is 0 Å². The van der Waals surface area contributed by atoms with E-state index in [2.05, 4.69) is 15.5 Å². The van der Waals surface area contributed by atoms with Crippen molar-refractivity contribution in [2.24, 2.45) is 0 Å². The summed E-state index contributed by atoms with van der Waals surface area (Å²) in [5.74, 6) is -1.51. The van der Waals surface area contributed by atoms with Crippen LogP contribution in [0.3, 0.4) is 0 Å². The summed E-state index contributed by atoms with van der Waals surface area (Å²) in [5.41, 5.74) is 1.22. The number of anilines is 1. The van der Waals surface area contributed by atoms with Crippen molar-refractivity contribution in [3.8, 4) is 0 Å². The number of amides is 3. The Morgan fingerprint density at radius 2 is 1.93 bits per heavy atom. The normalized spacial score (nSPS) is 30.0. The number of piperazine rings is 1. The van der Waals surface area contributed by atoms with Gasteiger partial charge in [-0.2, -0.15) is 0 Å². The number of imide groups is 1. The van der Waals surface area contributed by atoms with Gasteiger partial charge in [0.1, 0.15) is 6.04 Å². The highest BCUT2D eigenvalue weighted by atomic mass is 19.1. The summed E-state index contributed by atoms with van der Waals surface area (Å²) in [7, 11) is 0. The second-order valence-corrected chi connectivity index (χ2v) is 7.81. The Bertz CT molecular complexity index is 850. The summed E-state index contributed by atoms with van der Waals surface area (Å²) in [6.45, 7) is 1.69. The average Bonchev–Trinajstić information content (AvgIpc) is 3.00. The number of benzene rings is 1. The Morgan fingerprint density at radius 1 is 1.07 bits per heavy atom. The molecule has 27 heavy (non-hydrogen) atoms. The van der Waals surface area contributed by atoms with Crippen molar-refractivity contribution in [1.29, 1.82) is 0 Å². The van der Waals surface area contributed by atoms with Crippen LogP contribution in [0.4, 0.5) is 10.1 Å². The second-order valence-electron chi connectivity index (χ2n) is 7.81. The Hall–Kier alpha value is -2.48. The lowest BCUT2D eigenvalue weighted by atomic mass is 9.92. The van der Waals surface area contributed by atoms with E-state index in [1.165, 1.54) is 4.90 Å². The van der Waals surface area contributed by atoms with E-state index in [0.29, 0.717) is 22.9 Å². The molecule has 5 aliphatic heterocycles. The molecule has 7 nitrogen and oxygen atoms in total. The van der Waals surface area contributed by atoms with Crippen molar-refractivity contribution in [2.45, 2.75) is 50.4 Å². The van der Waals surface area contributed by atoms with Gasteiger partial charge in [-0.25, -0.2) is 4.39 Å². The fourth-order valence-corrected chi connectivity index (χ4v) is 4.82. The van der Waals surface area contributed by atoms with E-state index in [1.54, 1.807) is 12.1 Å². The van der Waals surface area contributed by atoms with Crippen LogP contribution in [0.15, 0.2) is 12.1 Å². The third-order valence-corrected chi connectivity index (χ3v) is 6.29. The van der Waals surface area contributed by atoms with Crippen LogP contribution < -0.4 is 15.5 Å². The number of halogens is 1. The van der Waals surface area contributed by atoms with E-state index in [9.17, 15) is 14.4 Å². The summed E-state index contributed by atoms with van der Waals surface area (Å²) < 4.78 is 15.4. The number of hydrogen-bond donors (Lipinski definition) is 2. The molecule has 2 N–H and O–H groups in total. The highest BCUT2D eigenvalue weighted by molar-refractivity contribution is 6.05. The molecule has 6 rings (SSSR count). The SMILES string of the molecule is O=C1CCC(N2Cc3c(ccc(N4CC5CCC4CN5)c3F)C2=O)C(=O)N1. The van der Waals surface area contributed by atoms with Gasteiger partial charge in [0.25, 0.3) is 5.91 Å². The van der Waals surface area contributed by atoms with Crippen LogP contribution in [0.25, 0.3) is 0 Å². The predicted molar refractivity (Wildman–Crippen MR) is 94.6 cm³/mol. The van der Waals surface area contributed by atoms with Gasteiger partial charge in [0.2, 0.25) is 11.8 Å². The summed E-state index contributed by atoms with van der Waals surface area (Å²) in [6, 6.07) is 3.30. The van der Waals surface area contributed by atoms with Crippen LogP contribution in [0, 0.1) is 5.82 Å². The van der Waals surface area contributed by atoms with Crippen molar-refractivity contribution in [1.82, 2.24) is 15.5 Å². The topological polar surface area (TPSA) is 81.8 Å². The van der Waals surface area contributed by atoms with Crippen molar-refractivity contribution in [2.75, 3.05) is 18.0 Å².